The second-order valence-electron chi connectivity index (χ2n) is 7.20. The molecular weight excluding hydrogens is 416 g/mol. The Hall–Kier alpha value is -3.27. The van der Waals surface area contributed by atoms with Crippen molar-refractivity contribution < 1.29 is 14.3 Å². The first-order valence-corrected chi connectivity index (χ1v) is 11.2. The lowest BCUT2D eigenvalue weighted by atomic mass is 10.2. The molecule has 1 amide bonds. The molecule has 0 spiro atoms. The Morgan fingerprint density at radius 1 is 1.29 bits per heavy atom. The predicted molar refractivity (Wildman–Crippen MR) is 120 cm³/mol. The van der Waals surface area contributed by atoms with Gasteiger partial charge in [-0.1, -0.05) is 17.8 Å². The van der Waals surface area contributed by atoms with E-state index >= 15 is 0 Å². The van der Waals surface area contributed by atoms with Crippen LogP contribution in [0.4, 0.5) is 5.82 Å². The molecule has 0 fully saturated rings. The van der Waals surface area contributed by atoms with Crippen LogP contribution >= 0.6 is 11.8 Å². The monoisotopic (exact) mass is 440 g/mol. The predicted octanol–water partition coefficient (Wildman–Crippen LogP) is 2.93. The zero-order valence-electron chi connectivity index (χ0n) is 17.6. The molecule has 3 aromatic rings. The van der Waals surface area contributed by atoms with Crippen LogP contribution in [-0.2, 0) is 11.3 Å². The molecule has 0 saturated carbocycles. The third-order valence-electron chi connectivity index (χ3n) is 4.53. The maximum Gasteiger partial charge on any atom is 0.244 e. The molecule has 1 aliphatic rings. The second kappa shape index (κ2) is 9.25. The van der Waals surface area contributed by atoms with E-state index in [0.717, 1.165) is 22.4 Å². The van der Waals surface area contributed by atoms with Crippen LogP contribution in [0.3, 0.4) is 0 Å². The van der Waals surface area contributed by atoms with Crippen LogP contribution < -0.4 is 20.1 Å². The summed E-state index contributed by atoms with van der Waals surface area (Å²) in [6.45, 7) is 5.27. The van der Waals surface area contributed by atoms with Crippen LogP contribution in [0.25, 0.3) is 17.1 Å². The maximum absolute atomic E-state index is 12.2. The molecule has 162 valence electrons. The van der Waals surface area contributed by atoms with Gasteiger partial charge in [0.1, 0.15) is 5.82 Å². The van der Waals surface area contributed by atoms with E-state index in [1.54, 1.807) is 17.0 Å². The van der Waals surface area contributed by atoms with Gasteiger partial charge >= 0.3 is 0 Å². The fourth-order valence-electron chi connectivity index (χ4n) is 3.11. The van der Waals surface area contributed by atoms with E-state index in [4.69, 9.17) is 9.47 Å². The first kappa shape index (κ1) is 21.0. The van der Waals surface area contributed by atoms with Crippen molar-refractivity contribution in [2.45, 2.75) is 31.6 Å². The van der Waals surface area contributed by atoms with Crippen molar-refractivity contribution in [2.75, 3.05) is 24.9 Å². The van der Waals surface area contributed by atoms with Gasteiger partial charge in [-0.15, -0.1) is 0 Å². The standard InChI is InChI=1S/C21H24N6O3S/c1-13(2)24-19-15-11-23-27(20(15)26-21(25-19)31-3)9-8-22-18(28)7-5-14-4-6-16-17(10-14)30-12-29-16/h4-7,10-11,13H,8-9,12H2,1-3H3,(H,22,28)(H,24,25,26)/b7-5-. The third-order valence-corrected chi connectivity index (χ3v) is 5.08. The summed E-state index contributed by atoms with van der Waals surface area (Å²) in [5, 5.41) is 12.2. The van der Waals surface area contributed by atoms with Crippen molar-refractivity contribution in [3.8, 4) is 11.5 Å². The maximum atomic E-state index is 12.2. The summed E-state index contributed by atoms with van der Waals surface area (Å²) in [7, 11) is 0. The highest BCUT2D eigenvalue weighted by atomic mass is 32.2. The highest BCUT2D eigenvalue weighted by Crippen LogP contribution is 2.32. The molecule has 2 aromatic heterocycles. The Bertz CT molecular complexity index is 1130. The summed E-state index contributed by atoms with van der Waals surface area (Å²) >= 11 is 1.48. The minimum Gasteiger partial charge on any atom is -0.454 e. The number of carbonyl (C=O) groups is 1. The zero-order valence-corrected chi connectivity index (χ0v) is 18.4. The van der Waals surface area contributed by atoms with E-state index in [1.165, 1.54) is 17.8 Å². The molecule has 0 unspecified atom stereocenters. The van der Waals surface area contributed by atoms with E-state index in [0.29, 0.717) is 29.7 Å². The van der Waals surface area contributed by atoms with Crippen LogP contribution in [0.2, 0.25) is 0 Å². The van der Waals surface area contributed by atoms with E-state index in [2.05, 4.69) is 39.5 Å². The minimum atomic E-state index is -0.185. The number of aromatic nitrogens is 4. The van der Waals surface area contributed by atoms with Crippen LogP contribution in [0.15, 0.2) is 35.6 Å². The number of rotatable bonds is 8. The Kier molecular flexibility index (Phi) is 6.26. The molecule has 9 nitrogen and oxygen atoms in total. The Morgan fingerprint density at radius 2 is 2.13 bits per heavy atom. The van der Waals surface area contributed by atoms with Gasteiger partial charge in [0.2, 0.25) is 12.7 Å². The number of carbonyl (C=O) groups excluding carboxylic acids is 1. The van der Waals surface area contributed by atoms with Gasteiger partial charge in [-0.05, 0) is 43.9 Å². The third kappa shape index (κ3) is 4.91. The van der Waals surface area contributed by atoms with E-state index < -0.39 is 0 Å². The molecule has 10 heteroatoms. The topological polar surface area (TPSA) is 103 Å². The molecule has 0 bridgehead atoms. The number of amides is 1. The minimum absolute atomic E-state index is 0.185. The van der Waals surface area contributed by atoms with Crippen molar-refractivity contribution in [3.63, 3.8) is 0 Å². The molecule has 3 heterocycles. The number of benzene rings is 1. The van der Waals surface area contributed by atoms with E-state index in [-0.39, 0.29) is 18.7 Å². The van der Waals surface area contributed by atoms with Crippen molar-refractivity contribution in [1.29, 1.82) is 0 Å². The Morgan fingerprint density at radius 3 is 2.94 bits per heavy atom. The molecule has 4 rings (SSSR count). The number of fused-ring (bicyclic) bond motifs is 2. The largest absolute Gasteiger partial charge is 0.454 e. The lowest BCUT2D eigenvalue weighted by Gasteiger charge is -2.11. The molecule has 2 N–H and O–H groups in total. The number of ether oxygens (including phenoxy) is 2. The molecule has 31 heavy (non-hydrogen) atoms. The van der Waals surface area contributed by atoms with Gasteiger partial charge in [0.25, 0.3) is 0 Å². The molecule has 0 aliphatic carbocycles. The zero-order chi connectivity index (χ0) is 21.8. The summed E-state index contributed by atoms with van der Waals surface area (Å²) in [4.78, 5) is 21.3. The van der Waals surface area contributed by atoms with Gasteiger partial charge in [-0.3, -0.25) is 4.79 Å². The molecule has 0 saturated heterocycles. The van der Waals surface area contributed by atoms with Gasteiger partial charge in [-0.25, -0.2) is 14.6 Å². The van der Waals surface area contributed by atoms with Crippen molar-refractivity contribution in [3.05, 3.63) is 36.0 Å². The average Bonchev–Trinajstić information content (AvgIpc) is 3.38. The molecule has 0 radical (unpaired) electrons. The van der Waals surface area contributed by atoms with Crippen molar-refractivity contribution >= 4 is 40.6 Å². The van der Waals surface area contributed by atoms with Crippen molar-refractivity contribution in [1.82, 2.24) is 25.1 Å². The summed E-state index contributed by atoms with van der Waals surface area (Å²) in [6.07, 6.45) is 6.93. The normalized spacial score (nSPS) is 12.8. The second-order valence-corrected chi connectivity index (χ2v) is 7.97. The number of anilines is 1. The first-order chi connectivity index (χ1) is 15.0. The van der Waals surface area contributed by atoms with Gasteiger partial charge < -0.3 is 20.1 Å². The summed E-state index contributed by atoms with van der Waals surface area (Å²) in [6, 6.07) is 5.79. The Balaban J connectivity index is 1.38. The van der Waals surface area contributed by atoms with Crippen LogP contribution in [0.1, 0.15) is 19.4 Å². The summed E-state index contributed by atoms with van der Waals surface area (Å²) < 4.78 is 12.4. The van der Waals surface area contributed by atoms with Gasteiger partial charge in [0, 0.05) is 18.7 Å². The first-order valence-electron chi connectivity index (χ1n) is 9.93. The molecule has 1 aliphatic heterocycles. The fourth-order valence-corrected chi connectivity index (χ4v) is 3.47. The number of nitrogens with zero attached hydrogens (tertiary/aromatic N) is 4. The van der Waals surface area contributed by atoms with Gasteiger partial charge in [0.15, 0.2) is 22.3 Å². The quantitative estimate of drug-likeness (QED) is 0.313. The highest BCUT2D eigenvalue weighted by molar-refractivity contribution is 7.98. The molecular formula is C21H24N6O3S. The number of thioether (sulfide) groups is 1. The SMILES string of the molecule is CSc1nc(NC(C)C)c2cnn(CCNC(=O)/C=C\c3ccc4c(c3)OCO4)c2n1. The Labute approximate surface area is 184 Å². The van der Waals surface area contributed by atoms with E-state index in [9.17, 15) is 4.79 Å². The van der Waals surface area contributed by atoms with Crippen LogP contribution in [0, 0.1) is 0 Å². The lowest BCUT2D eigenvalue weighted by Crippen LogP contribution is -2.25. The van der Waals surface area contributed by atoms with E-state index in [1.807, 2.05) is 24.5 Å². The van der Waals surface area contributed by atoms with Gasteiger partial charge in [-0.2, -0.15) is 5.10 Å². The highest BCUT2D eigenvalue weighted by Gasteiger charge is 2.14. The van der Waals surface area contributed by atoms with Crippen molar-refractivity contribution in [2.24, 2.45) is 0 Å². The smallest absolute Gasteiger partial charge is 0.244 e. The van der Waals surface area contributed by atoms with Crippen LogP contribution in [-0.4, -0.2) is 51.3 Å². The summed E-state index contributed by atoms with van der Waals surface area (Å²) in [5.74, 6) is 1.99. The molecule has 1 aromatic carbocycles. The van der Waals surface area contributed by atoms with Crippen LogP contribution in [0.5, 0.6) is 11.5 Å². The number of hydrogen-bond acceptors (Lipinski definition) is 8. The number of hydrogen-bond donors (Lipinski definition) is 2. The fraction of sp³-hybridized carbons (Fsp3) is 0.333. The lowest BCUT2D eigenvalue weighted by molar-refractivity contribution is -0.116. The van der Waals surface area contributed by atoms with Gasteiger partial charge in [0.05, 0.1) is 18.1 Å². The average molecular weight is 441 g/mol. The number of nitrogens with one attached hydrogen (secondary N) is 2. The summed E-state index contributed by atoms with van der Waals surface area (Å²) in [5.41, 5.74) is 1.61. The molecule has 0 atom stereocenters.